The van der Waals surface area contributed by atoms with Gasteiger partial charge in [-0.1, -0.05) is 36.4 Å². The molecular formula is C31H38N8O. The first-order chi connectivity index (χ1) is 19.7. The second-order valence-electron chi connectivity index (χ2n) is 10.6. The van der Waals surface area contributed by atoms with Crippen LogP contribution in [-0.2, 0) is 6.54 Å². The molecule has 0 atom stereocenters. The molecule has 9 nitrogen and oxygen atoms in total. The normalized spacial score (nSPS) is 16.1. The fourth-order valence-corrected chi connectivity index (χ4v) is 5.57. The molecule has 9 heteroatoms. The van der Waals surface area contributed by atoms with Crippen LogP contribution in [0.25, 0.3) is 10.9 Å². The summed E-state index contributed by atoms with van der Waals surface area (Å²) < 4.78 is 8.29. The molecule has 4 aromatic rings. The van der Waals surface area contributed by atoms with E-state index in [-0.39, 0.29) is 0 Å². The SMILES string of the molecule is Cc1ccccc1OCCn1cc(/C=N/Nc2nc(N3CCCCC3)nc(N3CCCCC3)n2)c2ccccc21. The highest BCUT2D eigenvalue weighted by molar-refractivity contribution is 5.99. The van der Waals surface area contributed by atoms with E-state index in [1.807, 2.05) is 24.4 Å². The standard InChI is InChI=1S/C31H38N8O/c1-24-12-4-7-15-28(24)40-21-20-39-23-25(26-13-5-6-14-27(26)39)22-32-36-29-33-30(37-16-8-2-9-17-37)35-31(34-29)38-18-10-3-11-19-38/h4-7,12-15,22-23H,2-3,8-11,16-21H2,1H3,(H,33,34,35,36)/b32-22+. The van der Waals surface area contributed by atoms with Crippen LogP contribution in [0, 0.1) is 6.92 Å². The summed E-state index contributed by atoms with van der Waals surface area (Å²) in [7, 11) is 0. The van der Waals surface area contributed by atoms with E-state index in [0.29, 0.717) is 12.6 Å². The van der Waals surface area contributed by atoms with Gasteiger partial charge in [-0.3, -0.25) is 0 Å². The van der Waals surface area contributed by atoms with Gasteiger partial charge in [0.15, 0.2) is 0 Å². The lowest BCUT2D eigenvalue weighted by atomic mass is 10.1. The first-order valence-electron chi connectivity index (χ1n) is 14.6. The minimum absolute atomic E-state index is 0.489. The highest BCUT2D eigenvalue weighted by Crippen LogP contribution is 2.24. The number of nitrogens with one attached hydrogen (secondary N) is 1. The predicted octanol–water partition coefficient (Wildman–Crippen LogP) is 5.64. The van der Waals surface area contributed by atoms with Crippen molar-refractivity contribution in [1.82, 2.24) is 19.5 Å². The number of nitrogens with zero attached hydrogens (tertiary/aromatic N) is 7. The number of piperidine rings is 2. The van der Waals surface area contributed by atoms with Crippen LogP contribution in [0.2, 0.25) is 0 Å². The molecule has 40 heavy (non-hydrogen) atoms. The Hall–Kier alpha value is -4.14. The Labute approximate surface area is 235 Å². The highest BCUT2D eigenvalue weighted by atomic mass is 16.5. The third-order valence-electron chi connectivity index (χ3n) is 7.76. The number of aromatic nitrogens is 4. The number of hydrazone groups is 1. The number of ether oxygens (including phenoxy) is 1. The van der Waals surface area contributed by atoms with E-state index in [1.165, 1.54) is 38.5 Å². The van der Waals surface area contributed by atoms with Crippen LogP contribution >= 0.6 is 0 Å². The molecule has 2 aliphatic heterocycles. The molecule has 2 fully saturated rings. The molecule has 4 heterocycles. The Morgan fingerprint density at radius 1 is 0.825 bits per heavy atom. The van der Waals surface area contributed by atoms with Crippen molar-refractivity contribution in [2.75, 3.05) is 48.0 Å². The molecule has 0 radical (unpaired) electrons. The van der Waals surface area contributed by atoms with E-state index >= 15 is 0 Å². The summed E-state index contributed by atoms with van der Waals surface area (Å²) in [6.07, 6.45) is 11.2. The van der Waals surface area contributed by atoms with E-state index in [0.717, 1.165) is 72.4 Å². The van der Waals surface area contributed by atoms with Gasteiger partial charge in [0.25, 0.3) is 0 Å². The number of hydrogen-bond acceptors (Lipinski definition) is 8. The molecule has 208 valence electrons. The number of para-hydroxylation sites is 2. The second kappa shape index (κ2) is 12.4. The number of fused-ring (bicyclic) bond motifs is 1. The van der Waals surface area contributed by atoms with Crippen LogP contribution in [0.15, 0.2) is 59.8 Å². The fraction of sp³-hybridized carbons (Fsp3) is 0.419. The van der Waals surface area contributed by atoms with E-state index in [2.05, 4.69) is 68.3 Å². The van der Waals surface area contributed by atoms with Crippen molar-refractivity contribution in [2.45, 2.75) is 52.0 Å². The summed E-state index contributed by atoms with van der Waals surface area (Å²) in [5, 5.41) is 5.72. The topological polar surface area (TPSA) is 83.7 Å². The van der Waals surface area contributed by atoms with E-state index < -0.39 is 0 Å². The quantitative estimate of drug-likeness (QED) is 0.218. The van der Waals surface area contributed by atoms with E-state index in [9.17, 15) is 0 Å². The van der Waals surface area contributed by atoms with Crippen molar-refractivity contribution >= 4 is 35.0 Å². The summed E-state index contributed by atoms with van der Waals surface area (Å²) in [4.78, 5) is 18.9. The van der Waals surface area contributed by atoms with E-state index in [1.54, 1.807) is 0 Å². The smallest absolute Gasteiger partial charge is 0.250 e. The van der Waals surface area contributed by atoms with Gasteiger partial charge < -0.3 is 19.1 Å². The molecule has 0 aliphatic carbocycles. The summed E-state index contributed by atoms with van der Waals surface area (Å²) in [5.41, 5.74) is 6.44. The lowest BCUT2D eigenvalue weighted by molar-refractivity contribution is 0.298. The number of benzene rings is 2. The fourth-order valence-electron chi connectivity index (χ4n) is 5.57. The lowest BCUT2D eigenvalue weighted by Crippen LogP contribution is -2.34. The highest BCUT2D eigenvalue weighted by Gasteiger charge is 2.20. The molecule has 2 aromatic carbocycles. The summed E-state index contributed by atoms with van der Waals surface area (Å²) >= 11 is 0. The van der Waals surface area contributed by atoms with Gasteiger partial charge in [-0.05, 0) is 63.1 Å². The summed E-state index contributed by atoms with van der Waals surface area (Å²) in [6.45, 7) is 7.33. The molecule has 2 aliphatic rings. The van der Waals surface area contributed by atoms with Crippen LogP contribution in [0.3, 0.4) is 0 Å². The third-order valence-corrected chi connectivity index (χ3v) is 7.76. The molecule has 0 saturated carbocycles. The van der Waals surface area contributed by atoms with Crippen LogP contribution in [0.1, 0.15) is 49.7 Å². The summed E-state index contributed by atoms with van der Waals surface area (Å²) in [5.74, 6) is 2.91. The minimum Gasteiger partial charge on any atom is -0.491 e. The number of hydrogen-bond donors (Lipinski definition) is 1. The second-order valence-corrected chi connectivity index (χ2v) is 10.6. The number of rotatable bonds is 9. The number of anilines is 3. The van der Waals surface area contributed by atoms with Gasteiger partial charge in [0.05, 0.1) is 12.8 Å². The predicted molar refractivity (Wildman–Crippen MR) is 162 cm³/mol. The molecule has 0 unspecified atom stereocenters. The largest absolute Gasteiger partial charge is 0.491 e. The average Bonchev–Trinajstić information content (AvgIpc) is 3.36. The lowest BCUT2D eigenvalue weighted by Gasteiger charge is -2.30. The van der Waals surface area contributed by atoms with Gasteiger partial charge in [0.2, 0.25) is 17.8 Å². The zero-order chi connectivity index (χ0) is 27.1. The van der Waals surface area contributed by atoms with Crippen molar-refractivity contribution in [3.8, 4) is 5.75 Å². The van der Waals surface area contributed by atoms with Crippen LogP contribution in [-0.4, -0.2) is 58.5 Å². The molecule has 2 aromatic heterocycles. The Balaban J connectivity index is 1.19. The molecule has 2 saturated heterocycles. The van der Waals surface area contributed by atoms with Gasteiger partial charge in [0.1, 0.15) is 12.4 Å². The van der Waals surface area contributed by atoms with Gasteiger partial charge in [-0.2, -0.15) is 20.1 Å². The van der Waals surface area contributed by atoms with Crippen molar-refractivity contribution in [3.63, 3.8) is 0 Å². The molecular weight excluding hydrogens is 500 g/mol. The number of aryl methyl sites for hydroxylation is 1. The zero-order valence-corrected chi connectivity index (χ0v) is 23.3. The summed E-state index contributed by atoms with van der Waals surface area (Å²) in [6, 6.07) is 16.5. The zero-order valence-electron chi connectivity index (χ0n) is 23.3. The van der Waals surface area contributed by atoms with Crippen LogP contribution in [0.5, 0.6) is 5.75 Å². The first kappa shape index (κ1) is 26.1. The maximum atomic E-state index is 6.06. The molecule has 0 spiro atoms. The van der Waals surface area contributed by atoms with Crippen molar-refractivity contribution in [1.29, 1.82) is 0 Å². The van der Waals surface area contributed by atoms with Crippen molar-refractivity contribution < 1.29 is 4.74 Å². The van der Waals surface area contributed by atoms with Crippen molar-refractivity contribution in [2.24, 2.45) is 5.10 Å². The molecule has 6 rings (SSSR count). The maximum absolute atomic E-state index is 6.06. The van der Waals surface area contributed by atoms with Crippen LogP contribution in [0.4, 0.5) is 17.8 Å². The minimum atomic E-state index is 0.489. The third kappa shape index (κ3) is 6.03. The maximum Gasteiger partial charge on any atom is 0.250 e. The Morgan fingerprint density at radius 3 is 2.17 bits per heavy atom. The Kier molecular flexibility index (Phi) is 8.07. The monoisotopic (exact) mass is 538 g/mol. The van der Waals surface area contributed by atoms with Crippen LogP contribution < -0.4 is 20.0 Å². The molecule has 1 N–H and O–H groups in total. The Bertz CT molecular complexity index is 1420. The van der Waals surface area contributed by atoms with Gasteiger partial charge in [-0.25, -0.2) is 5.43 Å². The van der Waals surface area contributed by atoms with Gasteiger partial charge in [0, 0.05) is 48.8 Å². The average molecular weight is 539 g/mol. The van der Waals surface area contributed by atoms with E-state index in [4.69, 9.17) is 19.7 Å². The Morgan fingerprint density at radius 2 is 1.48 bits per heavy atom. The molecule has 0 amide bonds. The van der Waals surface area contributed by atoms with Crippen molar-refractivity contribution in [3.05, 3.63) is 65.9 Å². The first-order valence-corrected chi connectivity index (χ1v) is 14.6. The molecule has 0 bridgehead atoms. The van der Waals surface area contributed by atoms with Gasteiger partial charge >= 0.3 is 0 Å². The van der Waals surface area contributed by atoms with Gasteiger partial charge in [-0.15, -0.1) is 0 Å².